The van der Waals surface area contributed by atoms with Gasteiger partial charge < -0.3 is 9.84 Å². The number of benzene rings is 2. The van der Waals surface area contributed by atoms with Gasteiger partial charge in [-0.1, -0.05) is 35.9 Å². The molecular formula is C17H14ClNO4. The van der Waals surface area contributed by atoms with E-state index in [0.717, 1.165) is 0 Å². The van der Waals surface area contributed by atoms with E-state index in [4.69, 9.17) is 16.3 Å². The van der Waals surface area contributed by atoms with Crippen molar-refractivity contribution < 1.29 is 19.4 Å². The van der Waals surface area contributed by atoms with Crippen molar-refractivity contribution in [3.8, 4) is 0 Å². The minimum Gasteiger partial charge on any atom is -0.434 e. The highest BCUT2D eigenvalue weighted by Gasteiger charge is 2.42. The van der Waals surface area contributed by atoms with Crippen LogP contribution >= 0.6 is 11.6 Å². The monoisotopic (exact) mass is 331 g/mol. The molecule has 6 heteroatoms. The molecule has 3 rings (SSSR count). The minimum absolute atomic E-state index is 0.254. The van der Waals surface area contributed by atoms with Crippen LogP contribution in [0, 0.1) is 0 Å². The Hall–Kier alpha value is -2.37. The van der Waals surface area contributed by atoms with Gasteiger partial charge in [-0.2, -0.15) is 0 Å². The van der Waals surface area contributed by atoms with Crippen molar-refractivity contribution in [3.05, 3.63) is 64.7 Å². The van der Waals surface area contributed by atoms with Gasteiger partial charge in [-0.15, -0.1) is 0 Å². The third-order valence-corrected chi connectivity index (χ3v) is 3.90. The average Bonchev–Trinajstić information content (AvgIpc) is 2.80. The molecule has 0 bridgehead atoms. The van der Waals surface area contributed by atoms with Crippen LogP contribution in [0.3, 0.4) is 0 Å². The zero-order valence-electron chi connectivity index (χ0n) is 12.3. The molecule has 2 aromatic carbocycles. The Morgan fingerprint density at radius 3 is 2.61 bits per heavy atom. The molecule has 2 atom stereocenters. The van der Waals surface area contributed by atoms with Crippen molar-refractivity contribution in [1.82, 2.24) is 0 Å². The van der Waals surface area contributed by atoms with Gasteiger partial charge in [0.1, 0.15) is 6.10 Å². The summed E-state index contributed by atoms with van der Waals surface area (Å²) in [5.74, 6) is -0.978. The van der Waals surface area contributed by atoms with E-state index in [1.165, 1.54) is 17.9 Å². The summed E-state index contributed by atoms with van der Waals surface area (Å²) in [5.41, 5.74) is 1.34. The molecule has 1 aliphatic heterocycles. The van der Waals surface area contributed by atoms with E-state index in [-0.39, 0.29) is 11.5 Å². The highest BCUT2D eigenvalue weighted by molar-refractivity contribution is 6.30. The summed E-state index contributed by atoms with van der Waals surface area (Å²) in [6, 6.07) is 13.2. The Morgan fingerprint density at radius 1 is 1.17 bits per heavy atom. The molecule has 5 nitrogen and oxygen atoms in total. The minimum atomic E-state index is -1.10. The molecule has 0 fully saturated rings. The van der Waals surface area contributed by atoms with Crippen LogP contribution < -0.4 is 4.90 Å². The van der Waals surface area contributed by atoms with Crippen LogP contribution in [0.25, 0.3) is 0 Å². The van der Waals surface area contributed by atoms with E-state index in [9.17, 15) is 14.7 Å². The fourth-order valence-electron chi connectivity index (χ4n) is 2.65. The number of hydrogen-bond acceptors (Lipinski definition) is 4. The molecule has 1 aliphatic rings. The summed E-state index contributed by atoms with van der Waals surface area (Å²) in [4.78, 5) is 25.5. The van der Waals surface area contributed by atoms with E-state index < -0.39 is 18.3 Å². The van der Waals surface area contributed by atoms with Gasteiger partial charge in [-0.3, -0.25) is 9.69 Å². The highest BCUT2D eigenvalue weighted by Crippen LogP contribution is 2.40. The molecule has 2 aromatic rings. The second-order valence-corrected chi connectivity index (χ2v) is 5.64. The number of hydrogen-bond donors (Lipinski definition) is 1. The lowest BCUT2D eigenvalue weighted by molar-refractivity contribution is -0.119. The third kappa shape index (κ3) is 2.81. The number of carbonyl (C=O) groups is 2. The van der Waals surface area contributed by atoms with Crippen LogP contribution in [0.1, 0.15) is 28.9 Å². The normalized spacial score (nSPS) is 19.3. The maximum atomic E-state index is 12.3. The van der Waals surface area contributed by atoms with Crippen molar-refractivity contribution in [1.29, 1.82) is 0 Å². The second-order valence-electron chi connectivity index (χ2n) is 5.20. The first-order valence-corrected chi connectivity index (χ1v) is 7.40. The number of rotatable bonds is 2. The van der Waals surface area contributed by atoms with E-state index in [1.54, 1.807) is 42.5 Å². The molecule has 1 heterocycles. The number of aliphatic hydroxyl groups excluding tert-OH is 1. The molecule has 118 valence electrons. The standard InChI is InChI=1S/C17H14ClNO4/c1-10(20)19-14-8-3-2-7-13(14)15(21)16(19)23-17(22)11-5-4-6-12(18)9-11/h2-9,15-16,21H,1H3. The van der Waals surface area contributed by atoms with Gasteiger partial charge in [0, 0.05) is 17.5 Å². The average molecular weight is 332 g/mol. The maximum absolute atomic E-state index is 12.3. The zero-order chi connectivity index (χ0) is 16.6. The van der Waals surface area contributed by atoms with Crippen LogP contribution in [0.2, 0.25) is 5.02 Å². The van der Waals surface area contributed by atoms with E-state index >= 15 is 0 Å². The summed E-state index contributed by atoms with van der Waals surface area (Å²) in [6.07, 6.45) is -2.20. The van der Waals surface area contributed by atoms with Gasteiger partial charge >= 0.3 is 5.97 Å². The lowest BCUT2D eigenvalue weighted by atomic mass is 10.1. The smallest absolute Gasteiger partial charge is 0.340 e. The number of carbonyl (C=O) groups excluding carboxylic acids is 2. The van der Waals surface area contributed by atoms with Crippen molar-refractivity contribution in [2.45, 2.75) is 19.3 Å². The molecule has 0 spiro atoms. The van der Waals surface area contributed by atoms with Crippen LogP contribution in [-0.4, -0.2) is 23.2 Å². The van der Waals surface area contributed by atoms with Crippen molar-refractivity contribution in [3.63, 3.8) is 0 Å². The summed E-state index contributed by atoms with van der Waals surface area (Å²) >= 11 is 5.86. The Balaban J connectivity index is 1.90. The van der Waals surface area contributed by atoms with E-state index in [1.807, 2.05) is 0 Å². The number of aliphatic hydroxyl groups is 1. The number of esters is 1. The molecule has 0 radical (unpaired) electrons. The lowest BCUT2D eigenvalue weighted by Gasteiger charge is -2.25. The van der Waals surface area contributed by atoms with Crippen molar-refractivity contribution in [2.75, 3.05) is 4.90 Å². The van der Waals surface area contributed by atoms with E-state index in [0.29, 0.717) is 16.3 Å². The molecule has 2 unspecified atom stereocenters. The summed E-state index contributed by atoms with van der Waals surface area (Å²) in [6.45, 7) is 1.36. The van der Waals surface area contributed by atoms with E-state index in [2.05, 4.69) is 0 Å². The molecule has 23 heavy (non-hydrogen) atoms. The maximum Gasteiger partial charge on any atom is 0.340 e. The number of ether oxygens (including phenoxy) is 1. The summed E-state index contributed by atoms with van der Waals surface area (Å²) in [7, 11) is 0. The van der Waals surface area contributed by atoms with Gasteiger partial charge in [0.25, 0.3) is 0 Å². The Morgan fingerprint density at radius 2 is 1.91 bits per heavy atom. The predicted octanol–water partition coefficient (Wildman–Crippen LogP) is 2.92. The topological polar surface area (TPSA) is 66.8 Å². The number of nitrogens with zero attached hydrogens (tertiary/aromatic N) is 1. The van der Waals surface area contributed by atoms with Crippen LogP contribution in [0.15, 0.2) is 48.5 Å². The Kier molecular flexibility index (Phi) is 4.07. The first kappa shape index (κ1) is 15.5. The summed E-state index contributed by atoms with van der Waals surface area (Å²) in [5, 5.41) is 10.8. The van der Waals surface area contributed by atoms with Crippen molar-refractivity contribution in [2.24, 2.45) is 0 Å². The molecule has 0 aliphatic carbocycles. The molecule has 0 saturated carbocycles. The largest absolute Gasteiger partial charge is 0.434 e. The Labute approximate surface area is 138 Å². The number of para-hydroxylation sites is 1. The number of anilines is 1. The number of halogens is 1. The first-order valence-electron chi connectivity index (χ1n) is 7.02. The fraction of sp³-hybridized carbons (Fsp3) is 0.176. The third-order valence-electron chi connectivity index (χ3n) is 3.67. The SMILES string of the molecule is CC(=O)N1c2ccccc2C(O)C1OC(=O)c1cccc(Cl)c1. The molecule has 0 saturated heterocycles. The van der Waals surface area contributed by atoms with Crippen LogP contribution in [0.5, 0.6) is 0 Å². The molecule has 1 N–H and O–H groups in total. The molecule has 0 aromatic heterocycles. The van der Waals surface area contributed by atoms with Gasteiger partial charge in [0.05, 0.1) is 11.3 Å². The van der Waals surface area contributed by atoms with Gasteiger partial charge in [-0.05, 0) is 24.3 Å². The fourth-order valence-corrected chi connectivity index (χ4v) is 2.84. The summed E-state index contributed by atoms with van der Waals surface area (Å²) < 4.78 is 5.38. The lowest BCUT2D eigenvalue weighted by Crippen LogP contribution is -2.41. The number of amides is 1. The van der Waals surface area contributed by atoms with Crippen LogP contribution in [0.4, 0.5) is 5.69 Å². The Bertz CT molecular complexity index is 777. The molecular weight excluding hydrogens is 318 g/mol. The first-order chi connectivity index (χ1) is 11.0. The van der Waals surface area contributed by atoms with Gasteiger partial charge in [-0.25, -0.2) is 4.79 Å². The molecule has 1 amide bonds. The van der Waals surface area contributed by atoms with Crippen molar-refractivity contribution >= 4 is 29.2 Å². The van der Waals surface area contributed by atoms with Crippen LogP contribution in [-0.2, 0) is 9.53 Å². The van der Waals surface area contributed by atoms with Gasteiger partial charge in [0.2, 0.25) is 12.1 Å². The highest BCUT2D eigenvalue weighted by atomic mass is 35.5. The quantitative estimate of drug-likeness (QED) is 0.859. The predicted molar refractivity (Wildman–Crippen MR) is 85.2 cm³/mol. The zero-order valence-corrected chi connectivity index (χ0v) is 13.0. The number of fused-ring (bicyclic) bond motifs is 1. The second kappa shape index (κ2) is 6.02. The van der Waals surface area contributed by atoms with Gasteiger partial charge in [0.15, 0.2) is 0 Å².